The predicted molar refractivity (Wildman–Crippen MR) is 60.7 cm³/mol. The van der Waals surface area contributed by atoms with Crippen molar-refractivity contribution >= 4 is 0 Å². The number of phenols is 1. The van der Waals surface area contributed by atoms with E-state index >= 15 is 0 Å². The van der Waals surface area contributed by atoms with Gasteiger partial charge < -0.3 is 5.11 Å². The summed E-state index contributed by atoms with van der Waals surface area (Å²) in [5.41, 5.74) is 2.49. The quantitative estimate of drug-likeness (QED) is 0.719. The van der Waals surface area contributed by atoms with Gasteiger partial charge in [-0.25, -0.2) is 0 Å². The molecule has 0 amide bonds. The second-order valence-corrected chi connectivity index (χ2v) is 3.75. The molecular formula is C13H18O. The predicted octanol–water partition coefficient (Wildman–Crippen LogP) is 3.77. The van der Waals surface area contributed by atoms with Crippen LogP contribution < -0.4 is 0 Å². The van der Waals surface area contributed by atoms with E-state index in [9.17, 15) is 5.11 Å². The van der Waals surface area contributed by atoms with E-state index in [1.165, 1.54) is 11.1 Å². The topological polar surface area (TPSA) is 20.2 Å². The molecule has 0 aromatic heterocycles. The van der Waals surface area contributed by atoms with Crippen molar-refractivity contribution in [3.63, 3.8) is 0 Å². The number of phenolic OH excluding ortho intramolecular Hbond substituents is 1. The van der Waals surface area contributed by atoms with Crippen LogP contribution in [0, 0.1) is 6.92 Å². The third kappa shape index (κ3) is 2.63. The van der Waals surface area contributed by atoms with E-state index in [0.717, 1.165) is 6.42 Å². The van der Waals surface area contributed by atoms with Crippen LogP contribution in [0.4, 0.5) is 0 Å². The Morgan fingerprint density at radius 2 is 2.14 bits per heavy atom. The largest absolute Gasteiger partial charge is 0.508 e. The van der Waals surface area contributed by atoms with Gasteiger partial charge in [0.2, 0.25) is 0 Å². The first kappa shape index (κ1) is 10.8. The molecule has 0 radical (unpaired) electrons. The summed E-state index contributed by atoms with van der Waals surface area (Å²) < 4.78 is 0. The molecule has 0 heterocycles. The molecule has 1 unspecified atom stereocenters. The van der Waals surface area contributed by atoms with Crippen LogP contribution >= 0.6 is 0 Å². The van der Waals surface area contributed by atoms with Crippen molar-refractivity contribution < 1.29 is 5.11 Å². The Hall–Kier alpha value is -1.24. The van der Waals surface area contributed by atoms with Gasteiger partial charge in [0, 0.05) is 0 Å². The van der Waals surface area contributed by atoms with Crippen molar-refractivity contribution in [3.8, 4) is 5.75 Å². The van der Waals surface area contributed by atoms with Gasteiger partial charge >= 0.3 is 0 Å². The number of rotatable bonds is 3. The average molecular weight is 190 g/mol. The number of benzene rings is 1. The normalized spacial score (nSPS) is 13.4. The summed E-state index contributed by atoms with van der Waals surface area (Å²) in [6, 6.07) is 5.59. The second kappa shape index (κ2) is 4.85. The van der Waals surface area contributed by atoms with E-state index in [2.05, 4.69) is 19.1 Å². The van der Waals surface area contributed by atoms with Gasteiger partial charge in [-0.15, -0.1) is 0 Å². The molecular weight excluding hydrogens is 172 g/mol. The SMILES string of the molecule is C/C=C\CC(C)c1ccc(O)cc1C. The fourth-order valence-corrected chi connectivity index (χ4v) is 1.68. The van der Waals surface area contributed by atoms with Crippen LogP contribution in [0.3, 0.4) is 0 Å². The average Bonchev–Trinajstić information content (AvgIpc) is 2.14. The Morgan fingerprint density at radius 1 is 1.43 bits per heavy atom. The van der Waals surface area contributed by atoms with Gasteiger partial charge in [-0.3, -0.25) is 0 Å². The highest BCUT2D eigenvalue weighted by molar-refractivity contribution is 5.36. The lowest BCUT2D eigenvalue weighted by molar-refractivity contribution is 0.474. The van der Waals surface area contributed by atoms with Crippen LogP contribution in [0.5, 0.6) is 5.75 Å². The molecule has 1 nitrogen and oxygen atoms in total. The van der Waals surface area contributed by atoms with E-state index in [1.807, 2.05) is 26.0 Å². The zero-order valence-electron chi connectivity index (χ0n) is 9.12. The van der Waals surface area contributed by atoms with Crippen LogP contribution in [0.25, 0.3) is 0 Å². The zero-order chi connectivity index (χ0) is 10.6. The van der Waals surface area contributed by atoms with Crippen molar-refractivity contribution in [3.05, 3.63) is 41.5 Å². The van der Waals surface area contributed by atoms with E-state index in [0.29, 0.717) is 11.7 Å². The molecule has 1 aromatic carbocycles. The molecule has 14 heavy (non-hydrogen) atoms. The summed E-state index contributed by atoms with van der Waals surface area (Å²) in [4.78, 5) is 0. The third-order valence-electron chi connectivity index (χ3n) is 2.51. The number of aromatic hydroxyl groups is 1. The van der Waals surface area contributed by atoms with Crippen LogP contribution in [0.2, 0.25) is 0 Å². The highest BCUT2D eigenvalue weighted by Gasteiger charge is 2.06. The Bertz CT molecular complexity index is 326. The first-order chi connectivity index (χ1) is 6.65. The first-order valence-corrected chi connectivity index (χ1v) is 5.05. The fraction of sp³-hybridized carbons (Fsp3) is 0.385. The Labute approximate surface area is 86.1 Å². The van der Waals surface area contributed by atoms with E-state index in [-0.39, 0.29) is 0 Å². The molecule has 1 N–H and O–H groups in total. The molecule has 0 bridgehead atoms. The first-order valence-electron chi connectivity index (χ1n) is 5.05. The third-order valence-corrected chi connectivity index (χ3v) is 2.51. The minimum Gasteiger partial charge on any atom is -0.508 e. The Morgan fingerprint density at radius 3 is 2.71 bits per heavy atom. The van der Waals surface area contributed by atoms with Gasteiger partial charge in [-0.2, -0.15) is 0 Å². The standard InChI is InChI=1S/C13H18O/c1-4-5-6-10(2)13-8-7-12(14)9-11(13)3/h4-5,7-10,14H,6H2,1-3H3/b5-4-. The maximum absolute atomic E-state index is 9.28. The molecule has 0 saturated heterocycles. The van der Waals surface area contributed by atoms with Gasteiger partial charge in [0.05, 0.1) is 0 Å². The number of hydrogen-bond donors (Lipinski definition) is 1. The molecule has 0 aliphatic carbocycles. The van der Waals surface area contributed by atoms with E-state index in [1.54, 1.807) is 6.07 Å². The lowest BCUT2D eigenvalue weighted by Gasteiger charge is -2.12. The maximum atomic E-state index is 9.28. The lowest BCUT2D eigenvalue weighted by atomic mass is 9.93. The summed E-state index contributed by atoms with van der Waals surface area (Å²) in [6.45, 7) is 6.29. The van der Waals surface area contributed by atoms with Gasteiger partial charge in [0.15, 0.2) is 0 Å². The van der Waals surface area contributed by atoms with Crippen molar-refractivity contribution in [2.75, 3.05) is 0 Å². The van der Waals surface area contributed by atoms with Crippen LogP contribution in [-0.2, 0) is 0 Å². The van der Waals surface area contributed by atoms with Crippen molar-refractivity contribution in [1.82, 2.24) is 0 Å². The second-order valence-electron chi connectivity index (χ2n) is 3.75. The molecule has 1 aromatic rings. The van der Waals surface area contributed by atoms with Crippen molar-refractivity contribution in [2.24, 2.45) is 0 Å². The van der Waals surface area contributed by atoms with Crippen LogP contribution in [-0.4, -0.2) is 5.11 Å². The summed E-state index contributed by atoms with van der Waals surface area (Å²) in [5, 5.41) is 9.28. The smallest absolute Gasteiger partial charge is 0.115 e. The Kier molecular flexibility index (Phi) is 3.75. The number of aryl methyl sites for hydroxylation is 1. The minimum atomic E-state index is 0.351. The van der Waals surface area contributed by atoms with Gasteiger partial charge in [-0.1, -0.05) is 25.1 Å². The van der Waals surface area contributed by atoms with Crippen LogP contribution in [0.1, 0.15) is 37.3 Å². The van der Waals surface area contributed by atoms with Gasteiger partial charge in [0.25, 0.3) is 0 Å². The summed E-state index contributed by atoms with van der Waals surface area (Å²) in [7, 11) is 0. The minimum absolute atomic E-state index is 0.351. The molecule has 0 fully saturated rings. The summed E-state index contributed by atoms with van der Waals surface area (Å²) in [5.74, 6) is 0.872. The van der Waals surface area contributed by atoms with Crippen LogP contribution in [0.15, 0.2) is 30.4 Å². The van der Waals surface area contributed by atoms with Crippen molar-refractivity contribution in [1.29, 1.82) is 0 Å². The van der Waals surface area contributed by atoms with E-state index < -0.39 is 0 Å². The molecule has 0 aliphatic rings. The highest BCUT2D eigenvalue weighted by Crippen LogP contribution is 2.25. The molecule has 0 saturated carbocycles. The Balaban J connectivity index is 2.84. The molecule has 0 aliphatic heterocycles. The molecule has 0 spiro atoms. The van der Waals surface area contributed by atoms with Crippen molar-refractivity contribution in [2.45, 2.75) is 33.1 Å². The number of hydrogen-bond acceptors (Lipinski definition) is 1. The maximum Gasteiger partial charge on any atom is 0.115 e. The monoisotopic (exact) mass is 190 g/mol. The van der Waals surface area contributed by atoms with Gasteiger partial charge in [-0.05, 0) is 49.4 Å². The highest BCUT2D eigenvalue weighted by atomic mass is 16.3. The zero-order valence-corrected chi connectivity index (χ0v) is 9.12. The fourth-order valence-electron chi connectivity index (χ4n) is 1.68. The molecule has 76 valence electrons. The van der Waals surface area contributed by atoms with Gasteiger partial charge in [0.1, 0.15) is 5.75 Å². The molecule has 1 atom stereocenters. The summed E-state index contributed by atoms with van der Waals surface area (Å²) in [6.07, 6.45) is 5.31. The number of allylic oxidation sites excluding steroid dienone is 2. The van der Waals surface area contributed by atoms with E-state index in [4.69, 9.17) is 0 Å². The molecule has 1 heteroatoms. The summed E-state index contributed by atoms with van der Waals surface area (Å²) >= 11 is 0. The molecule has 1 rings (SSSR count). The lowest BCUT2D eigenvalue weighted by Crippen LogP contribution is -1.94.